The number of hydrogen-bond donors (Lipinski definition) is 1. The molecule has 120 valence electrons. The molecule has 0 aromatic heterocycles. The van der Waals surface area contributed by atoms with Crippen LogP contribution in [0.5, 0.6) is 0 Å². The maximum absolute atomic E-state index is 12.5. The molecule has 0 bridgehead atoms. The molecule has 0 unspecified atom stereocenters. The average Bonchev–Trinajstić information content (AvgIpc) is 2.47. The van der Waals surface area contributed by atoms with Crippen molar-refractivity contribution >= 4 is 12.0 Å². The summed E-state index contributed by atoms with van der Waals surface area (Å²) in [4.78, 5) is 28.9. The Morgan fingerprint density at radius 2 is 1.52 bits per heavy atom. The first kappa shape index (κ1) is 16.1. The number of carbonyl (C=O) groups is 2. The zero-order chi connectivity index (χ0) is 15.4. The SMILES string of the molecule is CC(C)C1CCN(C(=O)N2CCN(CC(=O)O)CC2)CC1. The Hall–Kier alpha value is -1.30. The summed E-state index contributed by atoms with van der Waals surface area (Å²) in [5, 5.41) is 8.78. The highest BCUT2D eigenvalue weighted by molar-refractivity contribution is 5.74. The van der Waals surface area contributed by atoms with Gasteiger partial charge < -0.3 is 14.9 Å². The van der Waals surface area contributed by atoms with Crippen molar-refractivity contribution in [2.75, 3.05) is 45.8 Å². The first-order valence-electron chi connectivity index (χ1n) is 7.95. The molecule has 0 aromatic carbocycles. The van der Waals surface area contributed by atoms with E-state index in [1.54, 1.807) is 0 Å². The van der Waals surface area contributed by atoms with Crippen molar-refractivity contribution in [3.8, 4) is 0 Å². The Bertz CT molecular complexity index is 370. The van der Waals surface area contributed by atoms with Gasteiger partial charge >= 0.3 is 12.0 Å². The number of nitrogens with zero attached hydrogens (tertiary/aromatic N) is 3. The van der Waals surface area contributed by atoms with Crippen LogP contribution in [0.15, 0.2) is 0 Å². The third-order valence-corrected chi connectivity index (χ3v) is 4.75. The lowest BCUT2D eigenvalue weighted by atomic mass is 9.87. The van der Waals surface area contributed by atoms with Gasteiger partial charge in [0.1, 0.15) is 0 Å². The molecule has 1 N–H and O–H groups in total. The van der Waals surface area contributed by atoms with E-state index in [1.807, 2.05) is 14.7 Å². The molecule has 0 atom stereocenters. The number of urea groups is 1. The highest BCUT2D eigenvalue weighted by Crippen LogP contribution is 2.25. The van der Waals surface area contributed by atoms with Gasteiger partial charge in [0.05, 0.1) is 6.54 Å². The second-order valence-electron chi connectivity index (χ2n) is 6.51. The monoisotopic (exact) mass is 297 g/mol. The fourth-order valence-corrected chi connectivity index (χ4v) is 3.25. The Morgan fingerprint density at radius 1 is 1.00 bits per heavy atom. The Morgan fingerprint density at radius 3 is 2.00 bits per heavy atom. The van der Waals surface area contributed by atoms with Crippen molar-refractivity contribution in [3.05, 3.63) is 0 Å². The molecule has 0 spiro atoms. The molecule has 2 aliphatic rings. The van der Waals surface area contributed by atoms with Crippen molar-refractivity contribution in [2.24, 2.45) is 11.8 Å². The predicted molar refractivity (Wildman–Crippen MR) is 80.2 cm³/mol. The van der Waals surface area contributed by atoms with Crippen LogP contribution in [-0.2, 0) is 4.79 Å². The zero-order valence-corrected chi connectivity index (χ0v) is 13.1. The molecule has 0 aromatic rings. The second-order valence-corrected chi connectivity index (χ2v) is 6.51. The molecule has 6 heteroatoms. The average molecular weight is 297 g/mol. The minimum atomic E-state index is -0.800. The third-order valence-electron chi connectivity index (χ3n) is 4.75. The number of likely N-dealkylation sites (tertiary alicyclic amines) is 1. The van der Waals surface area contributed by atoms with E-state index in [4.69, 9.17) is 5.11 Å². The van der Waals surface area contributed by atoms with Gasteiger partial charge in [-0.05, 0) is 24.7 Å². The molecule has 21 heavy (non-hydrogen) atoms. The lowest BCUT2D eigenvalue weighted by Crippen LogP contribution is -2.54. The van der Waals surface area contributed by atoms with Crippen molar-refractivity contribution in [1.82, 2.24) is 14.7 Å². The van der Waals surface area contributed by atoms with Gasteiger partial charge in [-0.25, -0.2) is 4.79 Å². The van der Waals surface area contributed by atoms with Crippen molar-refractivity contribution < 1.29 is 14.7 Å². The minimum absolute atomic E-state index is 0.0712. The molecule has 2 rings (SSSR count). The highest BCUT2D eigenvalue weighted by Gasteiger charge is 2.29. The summed E-state index contributed by atoms with van der Waals surface area (Å²) < 4.78 is 0. The number of piperazine rings is 1. The van der Waals surface area contributed by atoms with Crippen molar-refractivity contribution in [1.29, 1.82) is 0 Å². The Kier molecular flexibility index (Phi) is 5.45. The molecular formula is C15H27N3O3. The van der Waals surface area contributed by atoms with E-state index in [1.165, 1.54) is 0 Å². The van der Waals surface area contributed by atoms with Crippen LogP contribution in [0, 0.1) is 11.8 Å². The lowest BCUT2D eigenvalue weighted by molar-refractivity contribution is -0.138. The van der Waals surface area contributed by atoms with E-state index in [0.717, 1.165) is 31.8 Å². The largest absolute Gasteiger partial charge is 0.480 e. The van der Waals surface area contributed by atoms with Crippen molar-refractivity contribution in [2.45, 2.75) is 26.7 Å². The number of amides is 2. The fourth-order valence-electron chi connectivity index (χ4n) is 3.25. The van der Waals surface area contributed by atoms with E-state index in [9.17, 15) is 9.59 Å². The van der Waals surface area contributed by atoms with Gasteiger partial charge in [0, 0.05) is 39.3 Å². The fraction of sp³-hybridized carbons (Fsp3) is 0.867. The number of piperidine rings is 1. The standard InChI is InChI=1S/C15H27N3O3/c1-12(2)13-3-5-17(6-4-13)15(21)18-9-7-16(8-10-18)11-14(19)20/h12-13H,3-11H2,1-2H3,(H,19,20). The first-order chi connectivity index (χ1) is 9.97. The number of carboxylic acid groups (broad SMARTS) is 1. The number of carboxylic acids is 1. The summed E-state index contributed by atoms with van der Waals surface area (Å²) in [5.74, 6) is 0.633. The summed E-state index contributed by atoms with van der Waals surface area (Å²) in [6, 6.07) is 0.132. The van der Waals surface area contributed by atoms with Gasteiger partial charge in [-0.15, -0.1) is 0 Å². The zero-order valence-electron chi connectivity index (χ0n) is 13.1. The molecular weight excluding hydrogens is 270 g/mol. The molecule has 0 aliphatic carbocycles. The van der Waals surface area contributed by atoms with Crippen LogP contribution < -0.4 is 0 Å². The summed E-state index contributed by atoms with van der Waals surface area (Å²) in [6.45, 7) is 8.87. The van der Waals surface area contributed by atoms with Gasteiger partial charge in [-0.1, -0.05) is 13.8 Å². The van der Waals surface area contributed by atoms with E-state index < -0.39 is 5.97 Å². The van der Waals surface area contributed by atoms with Crippen LogP contribution in [0.2, 0.25) is 0 Å². The van der Waals surface area contributed by atoms with Gasteiger partial charge in [0.25, 0.3) is 0 Å². The van der Waals surface area contributed by atoms with Crippen LogP contribution in [0.25, 0.3) is 0 Å². The molecule has 2 amide bonds. The van der Waals surface area contributed by atoms with Crippen LogP contribution in [0.3, 0.4) is 0 Å². The highest BCUT2D eigenvalue weighted by atomic mass is 16.4. The topological polar surface area (TPSA) is 64.1 Å². The first-order valence-corrected chi connectivity index (χ1v) is 7.95. The van der Waals surface area contributed by atoms with Gasteiger partial charge in [0.15, 0.2) is 0 Å². The van der Waals surface area contributed by atoms with Crippen LogP contribution in [0.4, 0.5) is 4.79 Å². The normalized spacial score (nSPS) is 21.9. The van der Waals surface area contributed by atoms with Crippen LogP contribution in [-0.4, -0.2) is 77.6 Å². The molecule has 2 heterocycles. The quantitative estimate of drug-likeness (QED) is 0.849. The van der Waals surface area contributed by atoms with Crippen molar-refractivity contribution in [3.63, 3.8) is 0 Å². The number of hydrogen-bond acceptors (Lipinski definition) is 3. The smallest absolute Gasteiger partial charge is 0.320 e. The lowest BCUT2D eigenvalue weighted by Gasteiger charge is -2.40. The Labute approximate surface area is 126 Å². The maximum atomic E-state index is 12.5. The summed E-state index contributed by atoms with van der Waals surface area (Å²) in [7, 11) is 0. The maximum Gasteiger partial charge on any atom is 0.320 e. The molecule has 0 radical (unpaired) electrons. The molecule has 6 nitrogen and oxygen atoms in total. The predicted octanol–water partition coefficient (Wildman–Crippen LogP) is 1.18. The number of rotatable bonds is 3. The number of carbonyl (C=O) groups excluding carboxylic acids is 1. The van der Waals surface area contributed by atoms with Gasteiger partial charge in [0.2, 0.25) is 0 Å². The van der Waals surface area contributed by atoms with E-state index in [2.05, 4.69) is 13.8 Å². The summed E-state index contributed by atoms with van der Waals surface area (Å²) in [6.07, 6.45) is 2.20. The molecule has 2 saturated heterocycles. The Balaban J connectivity index is 1.76. The minimum Gasteiger partial charge on any atom is -0.480 e. The van der Waals surface area contributed by atoms with Gasteiger partial charge in [-0.3, -0.25) is 9.69 Å². The molecule has 2 fully saturated rings. The summed E-state index contributed by atoms with van der Waals surface area (Å²) >= 11 is 0. The van der Waals surface area contributed by atoms with E-state index in [0.29, 0.717) is 32.1 Å². The third kappa shape index (κ3) is 4.33. The van der Waals surface area contributed by atoms with Gasteiger partial charge in [-0.2, -0.15) is 0 Å². The van der Waals surface area contributed by atoms with Crippen LogP contribution >= 0.6 is 0 Å². The van der Waals surface area contributed by atoms with E-state index >= 15 is 0 Å². The molecule has 0 saturated carbocycles. The summed E-state index contributed by atoms with van der Waals surface area (Å²) in [5.41, 5.74) is 0. The molecule has 2 aliphatic heterocycles. The second kappa shape index (κ2) is 7.11. The van der Waals surface area contributed by atoms with Crippen LogP contribution in [0.1, 0.15) is 26.7 Å². The van der Waals surface area contributed by atoms with E-state index in [-0.39, 0.29) is 12.6 Å². The number of aliphatic carboxylic acids is 1.